The molecule has 0 spiro atoms. The predicted octanol–water partition coefficient (Wildman–Crippen LogP) is 1.84. The second-order valence-corrected chi connectivity index (χ2v) is 6.51. The van der Waals surface area contributed by atoms with Crippen LogP contribution in [-0.4, -0.2) is 32.1 Å². The van der Waals surface area contributed by atoms with Crippen molar-refractivity contribution in [1.29, 1.82) is 0 Å². The summed E-state index contributed by atoms with van der Waals surface area (Å²) in [6.07, 6.45) is -0.821. The molecule has 2 aliphatic rings. The fourth-order valence-corrected chi connectivity index (χ4v) is 3.51. The molecule has 1 aliphatic heterocycles. The van der Waals surface area contributed by atoms with Crippen LogP contribution in [0.15, 0.2) is 48.0 Å². The zero-order valence-corrected chi connectivity index (χ0v) is 16.2. The van der Waals surface area contributed by atoms with E-state index in [1.165, 1.54) is 7.11 Å². The van der Waals surface area contributed by atoms with Gasteiger partial charge >= 0.3 is 12.1 Å². The Bertz CT molecular complexity index is 1060. The average molecular weight is 409 g/mol. The first-order valence-corrected chi connectivity index (χ1v) is 9.02. The van der Waals surface area contributed by atoms with E-state index in [0.29, 0.717) is 28.3 Å². The molecule has 0 aromatic heterocycles. The highest BCUT2D eigenvalue weighted by Crippen LogP contribution is 2.44. The van der Waals surface area contributed by atoms with Gasteiger partial charge in [-0.15, -0.1) is 0 Å². The highest BCUT2D eigenvalue weighted by atomic mass is 16.5. The van der Waals surface area contributed by atoms with E-state index in [4.69, 9.17) is 4.74 Å². The second-order valence-electron chi connectivity index (χ2n) is 6.51. The molecule has 4 rings (SSSR count). The van der Waals surface area contributed by atoms with Gasteiger partial charge in [0, 0.05) is 5.57 Å². The quantitative estimate of drug-likeness (QED) is 0.489. The molecule has 154 valence electrons. The van der Waals surface area contributed by atoms with Gasteiger partial charge in [-0.1, -0.05) is 12.1 Å². The number of carbonyl (C=O) groups is 3. The third kappa shape index (κ3) is 3.29. The number of Topliss-reactive ketones (excluding diaryl/α,β-unsaturated/α-hetero) is 1. The van der Waals surface area contributed by atoms with Crippen molar-refractivity contribution in [3.63, 3.8) is 0 Å². The summed E-state index contributed by atoms with van der Waals surface area (Å²) in [6.45, 7) is 0. The Morgan fingerprint density at radius 2 is 1.80 bits per heavy atom. The van der Waals surface area contributed by atoms with Crippen molar-refractivity contribution in [3.8, 4) is 5.75 Å². The lowest BCUT2D eigenvalue weighted by molar-refractivity contribution is 0.103. The number of hydrazine groups is 2. The van der Waals surface area contributed by atoms with E-state index in [2.05, 4.69) is 31.8 Å². The second kappa shape index (κ2) is 7.76. The predicted molar refractivity (Wildman–Crippen MR) is 107 cm³/mol. The van der Waals surface area contributed by atoms with E-state index in [-0.39, 0.29) is 11.8 Å². The molecule has 0 fully saturated rings. The molecule has 2 aromatic carbocycles. The standard InChI is InChI=1S/C20H19N5O5/c1-29-11-8-6-10(7-9-11)16-15-17(23-22-16)12-4-3-5-13(14(12)18(15)26)21-19(27)24-25-20(28)30-2/h3-9,17,22-23H,1-2H3,(H,25,28)(H2,21,24,27). The van der Waals surface area contributed by atoms with Crippen LogP contribution in [0.2, 0.25) is 0 Å². The van der Waals surface area contributed by atoms with Crippen LogP contribution >= 0.6 is 0 Å². The van der Waals surface area contributed by atoms with Gasteiger partial charge < -0.3 is 20.2 Å². The molecule has 1 aliphatic carbocycles. The van der Waals surface area contributed by atoms with Crippen molar-refractivity contribution in [2.24, 2.45) is 0 Å². The molecule has 0 radical (unpaired) electrons. The fraction of sp³-hybridized carbons (Fsp3) is 0.150. The lowest BCUT2D eigenvalue weighted by Gasteiger charge is -2.13. The molecule has 10 nitrogen and oxygen atoms in total. The van der Waals surface area contributed by atoms with Gasteiger partial charge in [0.05, 0.1) is 37.2 Å². The Kier molecular flexibility index (Phi) is 4.98. The van der Waals surface area contributed by atoms with Gasteiger partial charge in [0.25, 0.3) is 0 Å². The number of ether oxygens (including phenoxy) is 2. The molecule has 5 N–H and O–H groups in total. The first-order chi connectivity index (χ1) is 14.5. The van der Waals surface area contributed by atoms with Crippen LogP contribution in [0, 0.1) is 0 Å². The van der Waals surface area contributed by atoms with Crippen molar-refractivity contribution in [2.45, 2.75) is 6.04 Å². The van der Waals surface area contributed by atoms with Gasteiger partial charge in [0.2, 0.25) is 0 Å². The Labute approximate surface area is 171 Å². The van der Waals surface area contributed by atoms with E-state index < -0.39 is 12.1 Å². The largest absolute Gasteiger partial charge is 0.497 e. The molecule has 0 bridgehead atoms. The summed E-state index contributed by atoms with van der Waals surface area (Å²) in [5, 5.41) is 2.58. The zero-order valence-electron chi connectivity index (χ0n) is 16.2. The monoisotopic (exact) mass is 409 g/mol. The number of ketones is 1. The molecule has 3 amide bonds. The molecule has 10 heteroatoms. The summed E-state index contributed by atoms with van der Waals surface area (Å²) < 4.78 is 9.57. The van der Waals surface area contributed by atoms with E-state index >= 15 is 0 Å². The Balaban J connectivity index is 1.63. The number of rotatable bonds is 3. The summed E-state index contributed by atoms with van der Waals surface area (Å²) in [5.74, 6) is 0.515. The molecule has 0 saturated heterocycles. The maximum atomic E-state index is 13.3. The van der Waals surface area contributed by atoms with E-state index in [1.807, 2.05) is 30.3 Å². The van der Waals surface area contributed by atoms with Crippen molar-refractivity contribution >= 4 is 29.3 Å². The molecular formula is C20H19N5O5. The number of nitrogens with one attached hydrogen (secondary N) is 5. The summed E-state index contributed by atoms with van der Waals surface area (Å²) in [6, 6.07) is 11.5. The third-order valence-electron chi connectivity index (χ3n) is 4.87. The van der Waals surface area contributed by atoms with Gasteiger partial charge in [0.15, 0.2) is 5.78 Å². The maximum absolute atomic E-state index is 13.3. The van der Waals surface area contributed by atoms with Gasteiger partial charge in [-0.3, -0.25) is 4.79 Å². The van der Waals surface area contributed by atoms with Crippen molar-refractivity contribution in [2.75, 3.05) is 19.5 Å². The summed E-state index contributed by atoms with van der Waals surface area (Å²) >= 11 is 0. The number of hydrogen-bond acceptors (Lipinski definition) is 7. The van der Waals surface area contributed by atoms with E-state index in [1.54, 1.807) is 19.2 Å². The minimum absolute atomic E-state index is 0.199. The summed E-state index contributed by atoms with van der Waals surface area (Å²) in [4.78, 5) is 36.4. The van der Waals surface area contributed by atoms with Crippen LogP contribution in [0.4, 0.5) is 15.3 Å². The Morgan fingerprint density at radius 1 is 1.03 bits per heavy atom. The number of benzene rings is 2. The van der Waals surface area contributed by atoms with Gasteiger partial charge in [-0.25, -0.2) is 25.9 Å². The van der Waals surface area contributed by atoms with Gasteiger partial charge in [-0.2, -0.15) is 0 Å². The number of hydrogen-bond donors (Lipinski definition) is 5. The van der Waals surface area contributed by atoms with Gasteiger partial charge in [0.1, 0.15) is 5.75 Å². The molecule has 1 atom stereocenters. The van der Waals surface area contributed by atoms with Crippen molar-refractivity contribution in [1.82, 2.24) is 21.7 Å². The number of methoxy groups -OCH3 is 2. The topological polar surface area (TPSA) is 130 Å². The lowest BCUT2D eigenvalue weighted by atomic mass is 10.0. The SMILES string of the molecule is COC(=O)NNC(=O)Nc1cccc2c1C(=O)C1=C(c3ccc(OC)cc3)NNC12. The average Bonchev–Trinajstić information content (AvgIpc) is 3.32. The van der Waals surface area contributed by atoms with E-state index in [0.717, 1.165) is 11.1 Å². The number of urea groups is 1. The van der Waals surface area contributed by atoms with Crippen molar-refractivity contribution < 1.29 is 23.9 Å². The number of fused-ring (bicyclic) bond motifs is 3. The van der Waals surface area contributed by atoms with Crippen LogP contribution in [0.1, 0.15) is 27.5 Å². The zero-order chi connectivity index (χ0) is 21.3. The minimum atomic E-state index is -0.821. The normalized spacial score (nSPS) is 16.3. The van der Waals surface area contributed by atoms with Crippen LogP contribution in [-0.2, 0) is 4.74 Å². The molecule has 2 aromatic rings. The molecule has 1 heterocycles. The Hall–Kier alpha value is -4.05. The number of carbonyl (C=O) groups excluding carboxylic acids is 3. The first-order valence-electron chi connectivity index (χ1n) is 9.02. The highest BCUT2D eigenvalue weighted by molar-refractivity contribution is 6.22. The van der Waals surface area contributed by atoms with Gasteiger partial charge in [-0.05, 0) is 41.5 Å². The molecule has 0 saturated carbocycles. The van der Waals surface area contributed by atoms with Crippen LogP contribution < -0.4 is 31.8 Å². The summed E-state index contributed by atoms with van der Waals surface area (Å²) in [7, 11) is 2.76. The molecule has 30 heavy (non-hydrogen) atoms. The highest BCUT2D eigenvalue weighted by Gasteiger charge is 2.42. The lowest BCUT2D eigenvalue weighted by Crippen LogP contribution is -2.44. The first kappa shape index (κ1) is 19.3. The van der Waals surface area contributed by atoms with Crippen LogP contribution in [0.3, 0.4) is 0 Å². The number of anilines is 1. The smallest absolute Gasteiger partial charge is 0.425 e. The third-order valence-corrected chi connectivity index (χ3v) is 4.87. The number of amides is 3. The van der Waals surface area contributed by atoms with Crippen LogP contribution in [0.5, 0.6) is 5.75 Å². The molecule has 1 unspecified atom stereocenters. The van der Waals surface area contributed by atoms with E-state index in [9.17, 15) is 14.4 Å². The summed E-state index contributed by atoms with van der Waals surface area (Å²) in [5.41, 5.74) is 14.0. The minimum Gasteiger partial charge on any atom is -0.497 e. The fourth-order valence-electron chi connectivity index (χ4n) is 3.51. The van der Waals surface area contributed by atoms with Crippen molar-refractivity contribution in [3.05, 3.63) is 64.7 Å². The van der Waals surface area contributed by atoms with Crippen LogP contribution in [0.25, 0.3) is 5.70 Å². The molecular weight excluding hydrogens is 390 g/mol. The maximum Gasteiger partial charge on any atom is 0.425 e. The Morgan fingerprint density at radius 3 is 2.50 bits per heavy atom.